The van der Waals surface area contributed by atoms with E-state index in [-0.39, 0.29) is 4.88 Å². The van der Waals surface area contributed by atoms with Gasteiger partial charge in [-0.2, -0.15) is 30.4 Å². The van der Waals surface area contributed by atoms with Crippen molar-refractivity contribution >= 4 is 27.4 Å². The number of esters is 1. The van der Waals surface area contributed by atoms with Gasteiger partial charge in [-0.1, -0.05) is 6.07 Å². The molecule has 0 aliphatic carbocycles. The number of alkyl halides is 5. The van der Waals surface area contributed by atoms with Gasteiger partial charge in [0.2, 0.25) is 0 Å². The highest BCUT2D eigenvalue weighted by atomic mass is 32.2. The van der Waals surface area contributed by atoms with Crippen LogP contribution in [0.1, 0.15) is 16.1 Å². The Morgan fingerprint density at radius 1 is 1.32 bits per heavy atom. The zero-order valence-electron chi connectivity index (χ0n) is 10.5. The first-order chi connectivity index (χ1) is 9.87. The highest BCUT2D eigenvalue weighted by Gasteiger charge is 2.62. The molecule has 22 heavy (non-hydrogen) atoms. The van der Waals surface area contributed by atoms with Crippen LogP contribution in [0, 0.1) is 5.92 Å². The fourth-order valence-corrected chi connectivity index (χ4v) is 2.66. The van der Waals surface area contributed by atoms with Crippen LogP contribution in [0.4, 0.5) is 22.0 Å². The fraction of sp³-hybridized carbons (Fsp3) is 0.500. The second-order valence-electron chi connectivity index (χ2n) is 4.03. The Morgan fingerprint density at radius 2 is 1.91 bits per heavy atom. The Balaban J connectivity index is 2.78. The Hall–Kier alpha value is -1.27. The fourth-order valence-electron chi connectivity index (χ4n) is 1.44. The predicted octanol–water partition coefficient (Wildman–Crippen LogP) is 2.95. The maximum atomic E-state index is 13.2. The number of ether oxygens (including phenoxy) is 1. The standard InChI is InChI=1S/C10H9F5O5S2/c11-9(12,13)7(10(14,15)22(17,18)19)3-4-20-8(16)6-2-1-5-21-6/h1-2,5,7H,3-4H2,(H,17,18,19). The summed E-state index contributed by atoms with van der Waals surface area (Å²) >= 11 is 0.924. The molecule has 0 radical (unpaired) electrons. The van der Waals surface area contributed by atoms with Crippen LogP contribution in [0.25, 0.3) is 0 Å². The van der Waals surface area contributed by atoms with E-state index in [1.54, 1.807) is 0 Å². The molecule has 0 amide bonds. The SMILES string of the molecule is O=C(OCCC(C(F)(F)F)C(F)(F)S(=O)(=O)O)c1cccs1. The van der Waals surface area contributed by atoms with Crippen LogP contribution in [-0.4, -0.2) is 37.0 Å². The first kappa shape index (κ1) is 18.8. The van der Waals surface area contributed by atoms with Gasteiger partial charge in [-0.25, -0.2) is 4.79 Å². The molecule has 1 rings (SSSR count). The van der Waals surface area contributed by atoms with E-state index < -0.39 is 46.5 Å². The normalized spacial score (nSPS) is 14.6. The lowest BCUT2D eigenvalue weighted by atomic mass is 10.1. The summed E-state index contributed by atoms with van der Waals surface area (Å²) in [5.74, 6) is -4.72. The van der Waals surface area contributed by atoms with E-state index in [1.807, 2.05) is 0 Å². The zero-order valence-corrected chi connectivity index (χ0v) is 12.1. The molecular formula is C10H9F5O5S2. The maximum absolute atomic E-state index is 13.2. The van der Waals surface area contributed by atoms with Crippen molar-refractivity contribution < 1.29 is 44.5 Å². The molecule has 1 atom stereocenters. The molecular weight excluding hydrogens is 359 g/mol. The molecule has 0 spiro atoms. The largest absolute Gasteiger partial charge is 0.461 e. The average Bonchev–Trinajstić information content (AvgIpc) is 2.84. The monoisotopic (exact) mass is 368 g/mol. The van der Waals surface area contributed by atoms with E-state index in [0.29, 0.717) is 0 Å². The lowest BCUT2D eigenvalue weighted by Gasteiger charge is -2.26. The molecule has 5 nitrogen and oxygen atoms in total. The molecule has 12 heteroatoms. The zero-order chi connectivity index (χ0) is 17.2. The molecule has 0 aliphatic heterocycles. The summed E-state index contributed by atoms with van der Waals surface area (Å²) < 4.78 is 97.5. The summed E-state index contributed by atoms with van der Waals surface area (Å²) in [6.07, 6.45) is -7.14. The van der Waals surface area contributed by atoms with Gasteiger partial charge < -0.3 is 4.74 Å². The summed E-state index contributed by atoms with van der Waals surface area (Å²) in [4.78, 5) is 11.4. The summed E-state index contributed by atoms with van der Waals surface area (Å²) in [5, 5.41) is -3.96. The number of carbonyl (C=O) groups is 1. The molecule has 1 aromatic heterocycles. The van der Waals surface area contributed by atoms with Gasteiger partial charge >= 0.3 is 27.5 Å². The van der Waals surface area contributed by atoms with Crippen molar-refractivity contribution in [3.05, 3.63) is 22.4 Å². The molecule has 1 heterocycles. The average molecular weight is 368 g/mol. The van der Waals surface area contributed by atoms with Crippen molar-refractivity contribution in [2.24, 2.45) is 5.92 Å². The van der Waals surface area contributed by atoms with E-state index in [2.05, 4.69) is 4.74 Å². The quantitative estimate of drug-likeness (QED) is 0.474. The van der Waals surface area contributed by atoms with E-state index in [1.165, 1.54) is 17.5 Å². The van der Waals surface area contributed by atoms with Crippen molar-refractivity contribution in [2.45, 2.75) is 17.9 Å². The Bertz CT molecular complexity index is 608. The molecule has 0 fully saturated rings. The number of hydrogen-bond acceptors (Lipinski definition) is 5. The van der Waals surface area contributed by atoms with Crippen LogP contribution in [0.3, 0.4) is 0 Å². The van der Waals surface area contributed by atoms with Crippen LogP contribution in [-0.2, 0) is 14.9 Å². The highest BCUT2D eigenvalue weighted by molar-refractivity contribution is 7.86. The van der Waals surface area contributed by atoms with Gasteiger partial charge in [0.15, 0.2) is 0 Å². The van der Waals surface area contributed by atoms with Gasteiger partial charge in [0.05, 0.1) is 6.61 Å². The number of carbonyl (C=O) groups excluding carboxylic acids is 1. The van der Waals surface area contributed by atoms with Gasteiger partial charge in [0, 0.05) is 6.42 Å². The second kappa shape index (κ2) is 6.46. The van der Waals surface area contributed by atoms with Crippen LogP contribution < -0.4 is 0 Å². The summed E-state index contributed by atoms with van der Waals surface area (Å²) in [5.41, 5.74) is 0. The molecule has 0 aromatic carbocycles. The van der Waals surface area contributed by atoms with Crippen molar-refractivity contribution in [1.29, 1.82) is 0 Å². The summed E-state index contributed by atoms with van der Waals surface area (Å²) in [6, 6.07) is 2.77. The molecule has 0 saturated heterocycles. The van der Waals surface area contributed by atoms with E-state index in [0.717, 1.165) is 11.3 Å². The number of hydrogen-bond donors (Lipinski definition) is 1. The smallest absolute Gasteiger partial charge is 0.398 e. The highest BCUT2D eigenvalue weighted by Crippen LogP contribution is 2.43. The van der Waals surface area contributed by atoms with Gasteiger partial charge in [-0.3, -0.25) is 4.55 Å². The topological polar surface area (TPSA) is 80.7 Å². The number of rotatable bonds is 6. The van der Waals surface area contributed by atoms with Crippen LogP contribution in [0.2, 0.25) is 0 Å². The van der Waals surface area contributed by atoms with Crippen molar-refractivity contribution in [3.63, 3.8) is 0 Å². The molecule has 0 bridgehead atoms. The van der Waals surface area contributed by atoms with Gasteiger partial charge in [-0.15, -0.1) is 11.3 Å². The third-order valence-corrected chi connectivity index (χ3v) is 4.33. The van der Waals surface area contributed by atoms with Crippen molar-refractivity contribution in [2.75, 3.05) is 6.61 Å². The van der Waals surface area contributed by atoms with Crippen molar-refractivity contribution in [3.8, 4) is 0 Å². The Kier molecular flexibility index (Phi) is 5.51. The first-order valence-electron chi connectivity index (χ1n) is 5.49. The van der Waals surface area contributed by atoms with Gasteiger partial charge in [0.25, 0.3) is 0 Å². The predicted molar refractivity (Wildman–Crippen MR) is 65.3 cm³/mol. The number of thiophene rings is 1. The summed E-state index contributed by atoms with van der Waals surface area (Å²) in [7, 11) is -6.27. The van der Waals surface area contributed by atoms with Crippen molar-refractivity contribution in [1.82, 2.24) is 0 Å². The molecule has 1 N–H and O–H groups in total. The Morgan fingerprint density at radius 3 is 2.32 bits per heavy atom. The molecule has 0 saturated carbocycles. The van der Waals surface area contributed by atoms with Gasteiger partial charge in [-0.05, 0) is 11.4 Å². The third kappa shape index (κ3) is 4.36. The molecule has 0 aliphatic rings. The minimum absolute atomic E-state index is 0.0464. The Labute approximate surface area is 125 Å². The molecule has 126 valence electrons. The third-order valence-electron chi connectivity index (χ3n) is 2.51. The lowest BCUT2D eigenvalue weighted by Crippen LogP contribution is -2.45. The van der Waals surface area contributed by atoms with Crippen LogP contribution in [0.5, 0.6) is 0 Å². The summed E-state index contributed by atoms with van der Waals surface area (Å²) in [6.45, 7) is -1.09. The maximum Gasteiger partial charge on any atom is 0.398 e. The van der Waals surface area contributed by atoms with Crippen LogP contribution in [0.15, 0.2) is 17.5 Å². The molecule has 1 unspecified atom stereocenters. The van der Waals surface area contributed by atoms with E-state index in [4.69, 9.17) is 4.55 Å². The van der Waals surface area contributed by atoms with E-state index in [9.17, 15) is 35.2 Å². The minimum atomic E-state index is -6.27. The number of halogens is 5. The second-order valence-corrected chi connectivity index (χ2v) is 6.48. The van der Waals surface area contributed by atoms with E-state index >= 15 is 0 Å². The first-order valence-corrected chi connectivity index (χ1v) is 7.81. The lowest BCUT2D eigenvalue weighted by molar-refractivity contribution is -0.222. The minimum Gasteiger partial charge on any atom is -0.461 e. The van der Waals surface area contributed by atoms with Crippen LogP contribution >= 0.6 is 11.3 Å². The van der Waals surface area contributed by atoms with Gasteiger partial charge in [0.1, 0.15) is 10.8 Å². The molecule has 1 aromatic rings.